The molecule has 0 aromatic carbocycles. The molecule has 93 valence electrons. The standard InChI is InChI=1S/C12H21Si.2ClH.Hf/c1-10(2)8-11-6-7-12(9-11)13(3,4)5;;;/h9-10H,6,8H2,1-5H3;2*1H;. The van der Waals surface area contributed by atoms with Gasteiger partial charge in [0.25, 0.3) is 0 Å². The number of halogens is 2. The average molecular weight is 445 g/mol. The first kappa shape index (κ1) is 19.5. The summed E-state index contributed by atoms with van der Waals surface area (Å²) in [5.74, 6) is 0.816. The minimum absolute atomic E-state index is 0. The Bertz CT molecular complexity index is 288. The fraction of sp³-hybridized carbons (Fsp3) is 0.667. The molecular formula is C12H23Cl2HfSi. The van der Waals surface area contributed by atoms with Crippen molar-refractivity contribution in [3.8, 4) is 0 Å². The third kappa shape index (κ3) is 5.66. The van der Waals surface area contributed by atoms with Crippen LogP contribution in [0.5, 0.6) is 0 Å². The maximum Gasteiger partial charge on any atom is -0.147 e. The van der Waals surface area contributed by atoms with Crippen LogP contribution in [0.2, 0.25) is 19.6 Å². The maximum atomic E-state index is 2.54. The number of hydrogen-bond acceptors (Lipinski definition) is 0. The van der Waals surface area contributed by atoms with Gasteiger partial charge in [0.1, 0.15) is 0 Å². The molecule has 16 heavy (non-hydrogen) atoms. The molecule has 0 aromatic rings. The maximum absolute atomic E-state index is 2.54. The Kier molecular flexibility index (Phi) is 9.20. The predicted octanol–water partition coefficient (Wildman–Crippen LogP) is 4.88. The van der Waals surface area contributed by atoms with Crippen molar-refractivity contribution in [1.82, 2.24) is 0 Å². The van der Waals surface area contributed by atoms with Crippen LogP contribution in [-0.2, 0) is 24.4 Å². The normalized spacial score (nSPS) is 15.7. The van der Waals surface area contributed by atoms with Crippen LogP contribution in [-0.4, -0.2) is 8.07 Å². The van der Waals surface area contributed by atoms with Crippen LogP contribution in [0, 0.1) is 5.92 Å². The van der Waals surface area contributed by atoms with Crippen LogP contribution in [0.4, 0.5) is 0 Å². The van der Waals surface area contributed by atoms with E-state index >= 15 is 0 Å². The van der Waals surface area contributed by atoms with E-state index in [2.05, 4.69) is 39.6 Å². The fourth-order valence-corrected chi connectivity index (χ4v) is 8.74. The van der Waals surface area contributed by atoms with Gasteiger partial charge in [-0.25, -0.2) is 0 Å². The van der Waals surface area contributed by atoms with Gasteiger partial charge in [0.2, 0.25) is 0 Å². The summed E-state index contributed by atoms with van der Waals surface area (Å²) in [6, 6.07) is 0. The molecular weight excluding hydrogens is 422 g/mol. The van der Waals surface area contributed by atoms with Crippen LogP contribution >= 0.6 is 24.8 Å². The fourth-order valence-electron chi connectivity index (χ4n) is 1.99. The minimum Gasteiger partial charge on any atom is -0.147 e. The molecule has 1 rings (SSSR count). The van der Waals surface area contributed by atoms with E-state index in [4.69, 9.17) is 0 Å². The third-order valence-electron chi connectivity index (χ3n) is 2.56. The molecule has 0 saturated carbocycles. The third-order valence-corrected chi connectivity index (χ3v) is 7.12. The molecule has 0 atom stereocenters. The first-order valence-electron chi connectivity index (χ1n) is 5.45. The molecule has 0 bridgehead atoms. The quantitative estimate of drug-likeness (QED) is 0.544. The van der Waals surface area contributed by atoms with Crippen molar-refractivity contribution in [2.45, 2.75) is 46.3 Å². The van der Waals surface area contributed by atoms with Crippen LogP contribution in [0.15, 0.2) is 20.2 Å². The zero-order chi connectivity index (χ0) is 10.9. The molecule has 0 unspecified atom stereocenters. The Morgan fingerprint density at radius 3 is 2.06 bits per heavy atom. The molecule has 0 amide bonds. The van der Waals surface area contributed by atoms with Gasteiger partial charge in [-0.1, -0.05) is 0 Å². The van der Waals surface area contributed by atoms with Gasteiger partial charge < -0.3 is 0 Å². The smallest absolute Gasteiger partial charge is 0.147 e. The van der Waals surface area contributed by atoms with E-state index in [1.165, 1.54) is 37.2 Å². The van der Waals surface area contributed by atoms with Gasteiger partial charge in [-0.15, -0.1) is 24.8 Å². The minimum atomic E-state index is -1.04. The molecule has 0 saturated heterocycles. The molecule has 0 heterocycles. The average Bonchev–Trinajstić information content (AvgIpc) is 2.27. The van der Waals surface area contributed by atoms with Crippen molar-refractivity contribution in [3.63, 3.8) is 0 Å². The summed E-state index contributed by atoms with van der Waals surface area (Å²) in [6.07, 6.45) is 5.15. The first-order valence-corrected chi connectivity index (χ1v) is 10.7. The number of rotatable bonds is 3. The SMILES string of the molecule is CC(C)CC1=CC([Si](C)(C)C)=[C]([Hf])C1.Cl.Cl. The molecule has 0 radical (unpaired) electrons. The predicted molar refractivity (Wildman–Crippen MR) is 77.0 cm³/mol. The topological polar surface area (TPSA) is 0 Å². The van der Waals surface area contributed by atoms with E-state index in [0.29, 0.717) is 0 Å². The number of hydrogen-bond donors (Lipinski definition) is 0. The van der Waals surface area contributed by atoms with E-state index in [-0.39, 0.29) is 24.8 Å². The van der Waals surface area contributed by atoms with E-state index in [0.717, 1.165) is 5.92 Å². The van der Waals surface area contributed by atoms with Crippen molar-refractivity contribution in [2.24, 2.45) is 5.92 Å². The monoisotopic (exact) mass is 445 g/mol. The van der Waals surface area contributed by atoms with E-state index in [1.807, 2.05) is 0 Å². The van der Waals surface area contributed by atoms with Crippen molar-refractivity contribution < 1.29 is 24.4 Å². The Morgan fingerprint density at radius 1 is 1.25 bits per heavy atom. The second-order valence-corrected chi connectivity index (χ2v) is 12.9. The summed E-state index contributed by atoms with van der Waals surface area (Å²) in [7, 11) is -1.04. The summed E-state index contributed by atoms with van der Waals surface area (Å²) in [6.45, 7) is 12.0. The van der Waals surface area contributed by atoms with Gasteiger partial charge in [0.15, 0.2) is 0 Å². The van der Waals surface area contributed by atoms with Crippen LogP contribution in [0.1, 0.15) is 26.7 Å². The first-order chi connectivity index (χ1) is 6.30. The molecule has 0 aromatic heterocycles. The molecule has 0 fully saturated rings. The molecule has 0 spiro atoms. The van der Waals surface area contributed by atoms with Gasteiger partial charge in [-0.3, -0.25) is 0 Å². The zero-order valence-corrected chi connectivity index (χ0v) is 17.1. The second-order valence-electron chi connectivity index (χ2n) is 5.72. The Hall–Kier alpha value is 1.15. The van der Waals surface area contributed by atoms with E-state index in [1.54, 1.807) is 14.1 Å². The van der Waals surface area contributed by atoms with Crippen LogP contribution in [0.3, 0.4) is 0 Å². The van der Waals surface area contributed by atoms with Gasteiger partial charge in [0.05, 0.1) is 0 Å². The number of allylic oxidation sites excluding steroid dienone is 4. The molecule has 4 heteroatoms. The summed E-state index contributed by atoms with van der Waals surface area (Å²) < 4.78 is 1.78. The molecule has 0 nitrogen and oxygen atoms in total. The van der Waals surface area contributed by atoms with E-state index in [9.17, 15) is 0 Å². The molecule has 0 N–H and O–H groups in total. The van der Waals surface area contributed by atoms with Crippen molar-refractivity contribution in [2.75, 3.05) is 0 Å². The summed E-state index contributed by atoms with van der Waals surface area (Å²) in [5, 5.41) is 1.76. The summed E-state index contributed by atoms with van der Waals surface area (Å²) in [5.41, 5.74) is 1.70. The molecule has 1 aliphatic carbocycles. The van der Waals surface area contributed by atoms with Crippen LogP contribution < -0.4 is 0 Å². The zero-order valence-electron chi connectivity index (χ0n) is 10.9. The Labute approximate surface area is 129 Å². The van der Waals surface area contributed by atoms with Gasteiger partial charge in [-0.05, 0) is 0 Å². The van der Waals surface area contributed by atoms with Crippen molar-refractivity contribution in [3.05, 3.63) is 20.2 Å². The Morgan fingerprint density at radius 2 is 1.75 bits per heavy atom. The van der Waals surface area contributed by atoms with Gasteiger partial charge in [-0.2, -0.15) is 0 Å². The molecule has 1 aliphatic rings. The largest absolute Gasteiger partial charge is 0.147 e. The summed E-state index contributed by atoms with van der Waals surface area (Å²) in [4.78, 5) is 0. The molecule has 0 aliphatic heterocycles. The Balaban J connectivity index is 0. The van der Waals surface area contributed by atoms with Crippen molar-refractivity contribution in [1.29, 1.82) is 0 Å². The van der Waals surface area contributed by atoms with Gasteiger partial charge >= 0.3 is 105 Å². The van der Waals surface area contributed by atoms with E-state index < -0.39 is 8.07 Å². The summed E-state index contributed by atoms with van der Waals surface area (Å²) >= 11 is 1.27. The van der Waals surface area contributed by atoms with Crippen LogP contribution in [0.25, 0.3) is 0 Å². The van der Waals surface area contributed by atoms with Gasteiger partial charge in [0, 0.05) is 0 Å². The van der Waals surface area contributed by atoms with Crippen molar-refractivity contribution >= 4 is 32.9 Å². The second kappa shape index (κ2) is 7.55.